The van der Waals surface area contributed by atoms with Crippen LogP contribution in [0.2, 0.25) is 0 Å². The molecule has 0 saturated heterocycles. The van der Waals surface area contributed by atoms with Crippen LogP contribution < -0.4 is 10.2 Å². The van der Waals surface area contributed by atoms with Crippen LogP contribution in [0.4, 0.5) is 10.5 Å². The first-order chi connectivity index (χ1) is 8.85. The van der Waals surface area contributed by atoms with Gasteiger partial charge in [0, 0.05) is 12.7 Å². The van der Waals surface area contributed by atoms with Crippen molar-refractivity contribution < 1.29 is 19.8 Å². The lowest BCUT2D eigenvalue weighted by atomic mass is 10.1. The van der Waals surface area contributed by atoms with E-state index in [1.54, 1.807) is 7.05 Å². The Bertz CT molecular complexity index is 467. The van der Waals surface area contributed by atoms with Gasteiger partial charge in [-0.15, -0.1) is 0 Å². The predicted molar refractivity (Wildman–Crippen MR) is 71.4 cm³/mol. The number of carboxylic acid groups (broad SMARTS) is 1. The zero-order valence-electron chi connectivity index (χ0n) is 11.2. The molecular formula is C13H18N2O4. The highest BCUT2D eigenvalue weighted by molar-refractivity contribution is 5.94. The van der Waals surface area contributed by atoms with Gasteiger partial charge >= 0.3 is 12.0 Å². The first kappa shape index (κ1) is 15.0. The van der Waals surface area contributed by atoms with E-state index in [1.165, 1.54) is 4.90 Å². The van der Waals surface area contributed by atoms with E-state index < -0.39 is 24.6 Å². The second-order valence-corrected chi connectivity index (χ2v) is 4.43. The summed E-state index contributed by atoms with van der Waals surface area (Å²) in [6.07, 6.45) is 0. The Morgan fingerprint density at radius 1 is 1.26 bits per heavy atom. The molecule has 1 aromatic carbocycles. The molecule has 6 heteroatoms. The van der Waals surface area contributed by atoms with Gasteiger partial charge in [0.05, 0.1) is 6.61 Å². The lowest BCUT2D eigenvalue weighted by Gasteiger charge is -2.21. The van der Waals surface area contributed by atoms with E-state index in [4.69, 9.17) is 10.2 Å². The molecule has 0 bridgehead atoms. The van der Waals surface area contributed by atoms with Crippen LogP contribution in [-0.4, -0.2) is 41.9 Å². The van der Waals surface area contributed by atoms with Crippen LogP contribution in [0.3, 0.4) is 0 Å². The molecular weight excluding hydrogens is 248 g/mol. The maximum Gasteiger partial charge on any atom is 0.328 e. The molecule has 0 radical (unpaired) electrons. The number of carboxylic acids is 1. The number of hydrogen-bond acceptors (Lipinski definition) is 3. The first-order valence-electron chi connectivity index (χ1n) is 5.81. The fourth-order valence-electron chi connectivity index (χ4n) is 1.69. The zero-order valence-corrected chi connectivity index (χ0v) is 11.2. The lowest BCUT2D eigenvalue weighted by molar-refractivity contribution is -0.140. The number of benzene rings is 1. The maximum atomic E-state index is 11.9. The molecule has 0 spiro atoms. The average molecular weight is 266 g/mol. The van der Waals surface area contributed by atoms with Gasteiger partial charge in [0.1, 0.15) is 0 Å². The van der Waals surface area contributed by atoms with E-state index in [0.29, 0.717) is 5.69 Å². The van der Waals surface area contributed by atoms with Crippen LogP contribution in [0.5, 0.6) is 0 Å². The van der Waals surface area contributed by atoms with Crippen molar-refractivity contribution in [2.75, 3.05) is 18.6 Å². The summed E-state index contributed by atoms with van der Waals surface area (Å²) in [7, 11) is 1.54. The molecule has 19 heavy (non-hydrogen) atoms. The number of nitrogens with zero attached hydrogens (tertiary/aromatic N) is 1. The smallest absolute Gasteiger partial charge is 0.328 e. The molecule has 0 fully saturated rings. The molecule has 104 valence electrons. The van der Waals surface area contributed by atoms with Gasteiger partial charge < -0.3 is 15.5 Å². The van der Waals surface area contributed by atoms with E-state index in [1.807, 2.05) is 32.0 Å². The van der Waals surface area contributed by atoms with Crippen molar-refractivity contribution in [2.24, 2.45) is 0 Å². The van der Waals surface area contributed by atoms with Gasteiger partial charge in [0.2, 0.25) is 0 Å². The van der Waals surface area contributed by atoms with Crippen molar-refractivity contribution in [3.8, 4) is 0 Å². The van der Waals surface area contributed by atoms with Crippen molar-refractivity contribution in [1.29, 1.82) is 0 Å². The number of rotatable bonds is 4. The molecule has 0 aliphatic rings. The van der Waals surface area contributed by atoms with Gasteiger partial charge in [0.25, 0.3) is 0 Å². The largest absolute Gasteiger partial charge is 0.480 e. The van der Waals surface area contributed by atoms with Crippen molar-refractivity contribution >= 4 is 17.7 Å². The number of hydrogen-bond donors (Lipinski definition) is 3. The summed E-state index contributed by atoms with van der Waals surface area (Å²) in [6.45, 7) is 3.17. The van der Waals surface area contributed by atoms with Gasteiger partial charge in [-0.05, 0) is 37.1 Å². The van der Waals surface area contributed by atoms with E-state index in [-0.39, 0.29) is 0 Å². The summed E-state index contributed by atoms with van der Waals surface area (Å²) in [5.74, 6) is -1.27. The normalized spacial score (nSPS) is 11.8. The van der Waals surface area contributed by atoms with Crippen LogP contribution in [0.1, 0.15) is 11.1 Å². The molecule has 1 atom stereocenters. The molecule has 1 aromatic rings. The molecule has 2 amide bonds. The minimum Gasteiger partial charge on any atom is -0.480 e. The molecule has 0 saturated carbocycles. The molecule has 0 unspecified atom stereocenters. The average Bonchev–Trinajstić information content (AvgIpc) is 2.33. The summed E-state index contributed by atoms with van der Waals surface area (Å²) in [5, 5.41) is 19.9. The third kappa shape index (κ3) is 3.96. The number of aliphatic hydroxyl groups is 1. The quantitative estimate of drug-likeness (QED) is 0.755. The third-order valence-corrected chi connectivity index (χ3v) is 2.68. The minimum atomic E-state index is -1.30. The van der Waals surface area contributed by atoms with Crippen LogP contribution in [0.25, 0.3) is 0 Å². The number of carbonyl (C=O) groups excluding carboxylic acids is 1. The van der Waals surface area contributed by atoms with Crippen LogP contribution in [0.15, 0.2) is 18.2 Å². The molecule has 0 aliphatic heterocycles. The third-order valence-electron chi connectivity index (χ3n) is 2.68. The van der Waals surface area contributed by atoms with Crippen molar-refractivity contribution in [3.05, 3.63) is 29.3 Å². The number of nitrogens with one attached hydrogen (secondary N) is 1. The first-order valence-corrected chi connectivity index (χ1v) is 5.81. The summed E-state index contributed by atoms with van der Waals surface area (Å²) in [6, 6.07) is 3.73. The Hall–Kier alpha value is -2.08. The van der Waals surface area contributed by atoms with E-state index >= 15 is 0 Å². The highest BCUT2D eigenvalue weighted by Crippen LogP contribution is 2.17. The van der Waals surface area contributed by atoms with E-state index in [2.05, 4.69) is 5.32 Å². The fourth-order valence-corrected chi connectivity index (χ4v) is 1.69. The van der Waals surface area contributed by atoms with Crippen molar-refractivity contribution in [1.82, 2.24) is 5.32 Å². The fraction of sp³-hybridized carbons (Fsp3) is 0.385. The second-order valence-electron chi connectivity index (χ2n) is 4.43. The topological polar surface area (TPSA) is 89.9 Å². The molecule has 6 nitrogen and oxygen atoms in total. The van der Waals surface area contributed by atoms with E-state index in [0.717, 1.165) is 11.1 Å². The predicted octanol–water partition coefficient (Wildman–Crippen LogP) is 0.895. The molecule has 0 heterocycles. The number of carbonyl (C=O) groups is 2. The van der Waals surface area contributed by atoms with Gasteiger partial charge in [-0.2, -0.15) is 0 Å². The van der Waals surface area contributed by atoms with Crippen LogP contribution in [0, 0.1) is 13.8 Å². The van der Waals surface area contributed by atoms with Gasteiger partial charge in [0.15, 0.2) is 6.04 Å². The number of anilines is 1. The Morgan fingerprint density at radius 2 is 1.79 bits per heavy atom. The summed E-state index contributed by atoms with van der Waals surface area (Å²) < 4.78 is 0. The second kappa shape index (κ2) is 6.19. The Labute approximate surface area is 111 Å². The Morgan fingerprint density at radius 3 is 2.21 bits per heavy atom. The summed E-state index contributed by atoms with van der Waals surface area (Å²) >= 11 is 0. The molecule has 1 rings (SSSR count). The van der Waals surface area contributed by atoms with Gasteiger partial charge in [-0.3, -0.25) is 4.90 Å². The van der Waals surface area contributed by atoms with E-state index in [9.17, 15) is 9.59 Å². The monoisotopic (exact) mass is 266 g/mol. The Kier molecular flexibility index (Phi) is 4.88. The van der Waals surface area contributed by atoms with Crippen molar-refractivity contribution in [3.63, 3.8) is 0 Å². The molecule has 0 aromatic heterocycles. The minimum absolute atomic E-state index is 0.577. The SMILES string of the molecule is Cc1cc(C)cc(N(C)C(=O)N[C@H](CO)C(=O)O)c1. The van der Waals surface area contributed by atoms with Gasteiger partial charge in [-0.1, -0.05) is 6.07 Å². The number of urea groups is 1. The van der Waals surface area contributed by atoms with Crippen molar-refractivity contribution in [2.45, 2.75) is 19.9 Å². The number of aryl methyl sites for hydroxylation is 2. The summed E-state index contributed by atoms with van der Waals surface area (Å²) in [5.41, 5.74) is 2.68. The molecule has 3 N–H and O–H groups in total. The number of aliphatic hydroxyl groups excluding tert-OH is 1. The van der Waals surface area contributed by atoms with Crippen LogP contribution >= 0.6 is 0 Å². The summed E-state index contributed by atoms with van der Waals surface area (Å²) in [4.78, 5) is 23.9. The molecule has 0 aliphatic carbocycles. The highest BCUT2D eigenvalue weighted by atomic mass is 16.4. The van der Waals surface area contributed by atoms with Gasteiger partial charge in [-0.25, -0.2) is 9.59 Å². The lowest BCUT2D eigenvalue weighted by Crippen LogP contribution is -2.48. The maximum absolute atomic E-state index is 11.9. The zero-order chi connectivity index (χ0) is 14.6. The number of aliphatic carboxylic acids is 1. The standard InChI is InChI=1S/C13H18N2O4/c1-8-4-9(2)6-10(5-8)15(3)13(19)14-11(7-16)12(17)18/h4-6,11,16H,7H2,1-3H3,(H,14,19)(H,17,18)/t11-/m1/s1. The highest BCUT2D eigenvalue weighted by Gasteiger charge is 2.21. The Balaban J connectivity index is 2.84. The number of amides is 2. The van der Waals surface area contributed by atoms with Crippen LogP contribution in [-0.2, 0) is 4.79 Å².